The summed E-state index contributed by atoms with van der Waals surface area (Å²) in [5.41, 5.74) is 3.76. The highest BCUT2D eigenvalue weighted by Crippen LogP contribution is 2.44. The fraction of sp³-hybridized carbons (Fsp3) is 0.400. The number of hydrogen-bond acceptors (Lipinski definition) is 6. The molecule has 2 aromatic rings. The number of alkyl carbamates (subject to hydrolysis) is 1. The van der Waals surface area contributed by atoms with Crippen LogP contribution in [0.3, 0.4) is 0 Å². The highest BCUT2D eigenvalue weighted by molar-refractivity contribution is 7.99. The maximum absolute atomic E-state index is 12.8. The number of aliphatic carboxylic acids is 1. The number of ether oxygens (including phenoxy) is 1. The Bertz CT molecular complexity index is 1020. The number of carboxylic acids is 1. The zero-order chi connectivity index (χ0) is 24.1. The van der Waals surface area contributed by atoms with Crippen molar-refractivity contribution in [3.05, 3.63) is 59.7 Å². The lowest BCUT2D eigenvalue weighted by Crippen LogP contribution is -2.54. The largest absolute Gasteiger partial charge is 0.479 e. The minimum absolute atomic E-state index is 0.00983. The Morgan fingerprint density at radius 2 is 1.62 bits per heavy atom. The van der Waals surface area contributed by atoms with Crippen molar-refractivity contribution in [2.75, 3.05) is 24.7 Å². The van der Waals surface area contributed by atoms with Crippen molar-refractivity contribution in [3.63, 3.8) is 0 Å². The number of nitrogens with one attached hydrogen (secondary N) is 2. The molecule has 0 aromatic heterocycles. The summed E-state index contributed by atoms with van der Waals surface area (Å²) in [6.45, 7) is -0.203. The molecule has 0 bridgehead atoms. The first kappa shape index (κ1) is 24.1. The molecule has 34 heavy (non-hydrogen) atoms. The summed E-state index contributed by atoms with van der Waals surface area (Å²) in [5, 5.41) is 23.5. The molecule has 4 N–H and O–H groups in total. The van der Waals surface area contributed by atoms with Gasteiger partial charge in [-0.2, -0.15) is 11.8 Å². The molecule has 1 fully saturated rings. The van der Waals surface area contributed by atoms with Gasteiger partial charge in [0.15, 0.2) is 6.10 Å². The first-order chi connectivity index (χ1) is 16.4. The summed E-state index contributed by atoms with van der Waals surface area (Å²) < 4.78 is 5.67. The van der Waals surface area contributed by atoms with Crippen LogP contribution in [-0.2, 0) is 14.3 Å². The van der Waals surface area contributed by atoms with Crippen molar-refractivity contribution >= 4 is 29.7 Å². The molecule has 8 nitrogen and oxygen atoms in total. The zero-order valence-electron chi connectivity index (χ0n) is 18.7. The SMILES string of the molecule is O=C(CC1(NC(=O)OCC2c3ccccc3-c3ccccc32)CCSCC1)NCC(O)C(=O)O. The fourth-order valence-electron chi connectivity index (χ4n) is 4.63. The van der Waals surface area contributed by atoms with Gasteiger partial charge in [-0.15, -0.1) is 0 Å². The summed E-state index contributed by atoms with van der Waals surface area (Å²) in [7, 11) is 0. The molecule has 2 aromatic carbocycles. The highest BCUT2D eigenvalue weighted by Gasteiger charge is 2.37. The first-order valence-corrected chi connectivity index (χ1v) is 12.4. The van der Waals surface area contributed by atoms with Gasteiger partial charge in [-0.1, -0.05) is 48.5 Å². The topological polar surface area (TPSA) is 125 Å². The van der Waals surface area contributed by atoms with Crippen LogP contribution in [0.15, 0.2) is 48.5 Å². The van der Waals surface area contributed by atoms with Crippen LogP contribution < -0.4 is 10.6 Å². The van der Waals surface area contributed by atoms with E-state index in [1.165, 1.54) is 0 Å². The Morgan fingerprint density at radius 1 is 1.03 bits per heavy atom. The van der Waals surface area contributed by atoms with Gasteiger partial charge in [0.2, 0.25) is 5.91 Å². The van der Waals surface area contributed by atoms with E-state index in [0.717, 1.165) is 33.8 Å². The number of benzene rings is 2. The van der Waals surface area contributed by atoms with Crippen LogP contribution >= 0.6 is 11.8 Å². The molecule has 1 atom stereocenters. The van der Waals surface area contributed by atoms with E-state index in [1.807, 2.05) is 24.3 Å². The van der Waals surface area contributed by atoms with Gasteiger partial charge < -0.3 is 25.6 Å². The van der Waals surface area contributed by atoms with E-state index >= 15 is 0 Å². The fourth-order valence-corrected chi connectivity index (χ4v) is 5.90. The van der Waals surface area contributed by atoms with Crippen LogP contribution in [-0.4, -0.2) is 64.5 Å². The number of carbonyl (C=O) groups excluding carboxylic acids is 2. The number of fused-ring (bicyclic) bond motifs is 3. The van der Waals surface area contributed by atoms with E-state index in [0.29, 0.717) is 12.8 Å². The quantitative estimate of drug-likeness (QED) is 0.454. The van der Waals surface area contributed by atoms with E-state index < -0.39 is 29.6 Å². The van der Waals surface area contributed by atoms with E-state index in [9.17, 15) is 19.5 Å². The molecule has 180 valence electrons. The van der Waals surface area contributed by atoms with Crippen LogP contribution in [0.4, 0.5) is 4.79 Å². The molecular weight excluding hydrogens is 456 g/mol. The number of rotatable bonds is 8. The molecule has 0 radical (unpaired) electrons. The number of hydrogen-bond donors (Lipinski definition) is 4. The smallest absolute Gasteiger partial charge is 0.407 e. The zero-order valence-corrected chi connectivity index (χ0v) is 19.5. The molecule has 1 saturated heterocycles. The number of carboxylic acid groups (broad SMARTS) is 1. The van der Waals surface area contributed by atoms with Gasteiger partial charge in [-0.05, 0) is 46.6 Å². The number of carbonyl (C=O) groups is 3. The molecule has 2 aliphatic rings. The van der Waals surface area contributed by atoms with E-state index in [4.69, 9.17) is 9.84 Å². The van der Waals surface area contributed by atoms with Gasteiger partial charge in [-0.25, -0.2) is 9.59 Å². The van der Waals surface area contributed by atoms with E-state index in [2.05, 4.69) is 34.9 Å². The van der Waals surface area contributed by atoms with Crippen molar-refractivity contribution in [2.45, 2.75) is 36.8 Å². The third-order valence-electron chi connectivity index (χ3n) is 6.44. The van der Waals surface area contributed by atoms with E-state index in [-0.39, 0.29) is 25.5 Å². The summed E-state index contributed by atoms with van der Waals surface area (Å²) in [6, 6.07) is 16.2. The van der Waals surface area contributed by atoms with Gasteiger partial charge >= 0.3 is 12.1 Å². The van der Waals surface area contributed by atoms with Crippen molar-refractivity contribution < 1.29 is 29.3 Å². The Balaban J connectivity index is 1.39. The summed E-state index contributed by atoms with van der Waals surface area (Å²) in [6.07, 6.45) is -1.07. The maximum Gasteiger partial charge on any atom is 0.407 e. The Morgan fingerprint density at radius 3 is 2.21 bits per heavy atom. The van der Waals surface area contributed by atoms with Crippen molar-refractivity contribution in [2.24, 2.45) is 0 Å². The standard InChI is InChI=1S/C25H28N2O6S/c28-21(23(30)31)14-26-22(29)13-25(9-11-34-12-10-25)27-24(32)33-15-20-18-7-3-1-5-16(18)17-6-2-4-8-19(17)20/h1-8,20-21,28H,9-15H2,(H,26,29)(H,27,32)(H,30,31). The van der Waals surface area contributed by atoms with Gasteiger partial charge in [-0.3, -0.25) is 4.79 Å². The first-order valence-electron chi connectivity index (χ1n) is 11.3. The molecule has 4 rings (SSSR count). The number of amides is 2. The second kappa shape index (κ2) is 10.5. The summed E-state index contributed by atoms with van der Waals surface area (Å²) >= 11 is 1.75. The summed E-state index contributed by atoms with van der Waals surface area (Å²) in [4.78, 5) is 36.1. The predicted octanol–water partition coefficient (Wildman–Crippen LogP) is 2.74. The number of aliphatic hydroxyl groups excluding tert-OH is 1. The molecule has 1 aliphatic carbocycles. The second-order valence-corrected chi connectivity index (χ2v) is 9.90. The maximum atomic E-state index is 12.8. The van der Waals surface area contributed by atoms with Gasteiger partial charge in [0.1, 0.15) is 6.61 Å². The highest BCUT2D eigenvalue weighted by atomic mass is 32.2. The third kappa shape index (κ3) is 5.37. The molecule has 1 aliphatic heterocycles. The Labute approximate surface area is 202 Å². The minimum Gasteiger partial charge on any atom is -0.479 e. The monoisotopic (exact) mass is 484 g/mol. The molecule has 0 spiro atoms. The average Bonchev–Trinajstić information content (AvgIpc) is 3.15. The van der Waals surface area contributed by atoms with E-state index in [1.54, 1.807) is 11.8 Å². The Hall–Kier alpha value is -3.04. The lowest BCUT2D eigenvalue weighted by atomic mass is 9.88. The molecule has 2 amide bonds. The van der Waals surface area contributed by atoms with Gasteiger partial charge in [0.05, 0.1) is 12.1 Å². The minimum atomic E-state index is -1.67. The lowest BCUT2D eigenvalue weighted by Gasteiger charge is -2.37. The van der Waals surface area contributed by atoms with Crippen molar-refractivity contribution in [3.8, 4) is 11.1 Å². The molecule has 9 heteroatoms. The second-order valence-electron chi connectivity index (χ2n) is 8.68. The van der Waals surface area contributed by atoms with Crippen LogP contribution in [0.5, 0.6) is 0 Å². The molecule has 0 saturated carbocycles. The van der Waals surface area contributed by atoms with Crippen molar-refractivity contribution in [1.82, 2.24) is 10.6 Å². The molecule has 1 unspecified atom stereocenters. The van der Waals surface area contributed by atoms with Crippen LogP contribution in [0.25, 0.3) is 11.1 Å². The lowest BCUT2D eigenvalue weighted by molar-refractivity contribution is -0.146. The molecule has 1 heterocycles. The van der Waals surface area contributed by atoms with Gasteiger partial charge in [0.25, 0.3) is 0 Å². The van der Waals surface area contributed by atoms with Crippen LogP contribution in [0.2, 0.25) is 0 Å². The third-order valence-corrected chi connectivity index (χ3v) is 7.42. The van der Waals surface area contributed by atoms with Gasteiger partial charge in [0, 0.05) is 12.3 Å². The predicted molar refractivity (Wildman–Crippen MR) is 129 cm³/mol. The molecular formula is C25H28N2O6S. The van der Waals surface area contributed by atoms with Crippen LogP contribution in [0.1, 0.15) is 36.3 Å². The average molecular weight is 485 g/mol. The number of aliphatic hydroxyl groups is 1. The summed E-state index contributed by atoms with van der Waals surface area (Å²) in [5.74, 6) is -0.313. The Kier molecular flexibility index (Phi) is 7.43. The van der Waals surface area contributed by atoms with Crippen molar-refractivity contribution in [1.29, 1.82) is 0 Å². The number of thioether (sulfide) groups is 1. The normalized spacial score (nSPS) is 17.2. The van der Waals surface area contributed by atoms with Crippen LogP contribution in [0, 0.1) is 0 Å².